The summed E-state index contributed by atoms with van der Waals surface area (Å²) in [6.07, 6.45) is 9.96. The zero-order valence-corrected chi connectivity index (χ0v) is 15.7. The minimum Gasteiger partial charge on any atom is -0.326 e. The maximum absolute atomic E-state index is 12.7. The second kappa shape index (κ2) is 7.05. The summed E-state index contributed by atoms with van der Waals surface area (Å²) < 4.78 is 0. The van der Waals surface area contributed by atoms with E-state index in [2.05, 4.69) is 10.6 Å². The Bertz CT molecular complexity index is 662. The van der Waals surface area contributed by atoms with Crippen LogP contribution in [0.5, 0.6) is 0 Å². The molecule has 4 fully saturated rings. The quantitative estimate of drug-likeness (QED) is 0.758. The second-order valence-corrected chi connectivity index (χ2v) is 9.02. The number of amides is 2. The van der Waals surface area contributed by atoms with E-state index in [4.69, 9.17) is 0 Å². The molecule has 5 rings (SSSR count). The Morgan fingerprint density at radius 2 is 1.50 bits per heavy atom. The molecule has 4 bridgehead atoms. The highest BCUT2D eigenvalue weighted by Gasteiger charge is 2.51. The van der Waals surface area contributed by atoms with Crippen LogP contribution in [0.3, 0.4) is 0 Å². The average molecular weight is 354 g/mol. The van der Waals surface area contributed by atoms with E-state index in [9.17, 15) is 9.59 Å². The number of hydrogen-bond donors (Lipinski definition) is 2. The fraction of sp³-hybridized carbons (Fsp3) is 0.636. The van der Waals surface area contributed by atoms with Crippen LogP contribution in [0.1, 0.15) is 64.7 Å². The van der Waals surface area contributed by atoms with Crippen molar-refractivity contribution >= 4 is 23.2 Å². The Morgan fingerprint density at radius 1 is 0.962 bits per heavy atom. The number of carbonyl (C=O) groups is 2. The molecule has 1 aromatic carbocycles. The van der Waals surface area contributed by atoms with Gasteiger partial charge in [-0.1, -0.05) is 13.0 Å². The molecular weight excluding hydrogens is 324 g/mol. The molecule has 0 saturated heterocycles. The first-order valence-electron chi connectivity index (χ1n) is 10.2. The van der Waals surface area contributed by atoms with Crippen LogP contribution in [0.25, 0.3) is 0 Å². The van der Waals surface area contributed by atoms with Gasteiger partial charge in [0.1, 0.15) is 0 Å². The molecule has 4 heteroatoms. The zero-order valence-electron chi connectivity index (χ0n) is 15.7. The van der Waals surface area contributed by atoms with Crippen molar-refractivity contribution < 1.29 is 9.59 Å². The third-order valence-electron chi connectivity index (χ3n) is 6.61. The van der Waals surface area contributed by atoms with Gasteiger partial charge >= 0.3 is 0 Å². The van der Waals surface area contributed by atoms with Crippen molar-refractivity contribution in [2.75, 3.05) is 10.6 Å². The lowest BCUT2D eigenvalue weighted by atomic mass is 9.49. The maximum atomic E-state index is 12.7. The molecule has 26 heavy (non-hydrogen) atoms. The van der Waals surface area contributed by atoms with Crippen LogP contribution in [0.15, 0.2) is 24.3 Å². The molecule has 4 saturated carbocycles. The molecule has 2 N–H and O–H groups in total. The SMILES string of the molecule is CCCC(=O)Nc1cccc(NC(=O)CC23CC4CC(CC(C4)C2)C3)c1. The van der Waals surface area contributed by atoms with Crippen LogP contribution in [0, 0.1) is 23.2 Å². The largest absolute Gasteiger partial charge is 0.326 e. The summed E-state index contributed by atoms with van der Waals surface area (Å²) in [6, 6.07) is 7.49. The van der Waals surface area contributed by atoms with Crippen molar-refractivity contribution in [2.24, 2.45) is 23.2 Å². The lowest BCUT2D eigenvalue weighted by molar-refractivity contribution is -0.124. The third kappa shape index (κ3) is 3.79. The van der Waals surface area contributed by atoms with E-state index in [-0.39, 0.29) is 17.2 Å². The Balaban J connectivity index is 1.37. The van der Waals surface area contributed by atoms with Crippen LogP contribution in [0.4, 0.5) is 11.4 Å². The molecule has 0 aromatic heterocycles. The molecule has 1 aromatic rings. The van der Waals surface area contributed by atoms with Gasteiger partial charge in [0.05, 0.1) is 0 Å². The van der Waals surface area contributed by atoms with Gasteiger partial charge in [0, 0.05) is 24.2 Å². The molecular formula is C22H30N2O2. The van der Waals surface area contributed by atoms with Gasteiger partial charge in [0.15, 0.2) is 0 Å². The molecule has 0 radical (unpaired) electrons. The van der Waals surface area contributed by atoms with Crippen LogP contribution in [-0.2, 0) is 9.59 Å². The van der Waals surface area contributed by atoms with Crippen molar-refractivity contribution in [1.29, 1.82) is 0 Å². The van der Waals surface area contributed by atoms with E-state index >= 15 is 0 Å². The fourth-order valence-electron chi connectivity index (χ4n) is 6.18. The number of hydrogen-bond acceptors (Lipinski definition) is 2. The number of carbonyl (C=O) groups excluding carboxylic acids is 2. The van der Waals surface area contributed by atoms with Gasteiger partial charge in [-0.2, -0.15) is 0 Å². The first-order chi connectivity index (χ1) is 12.5. The Morgan fingerprint density at radius 3 is 2.04 bits per heavy atom. The average Bonchev–Trinajstić information content (AvgIpc) is 2.53. The van der Waals surface area contributed by atoms with E-state index in [1.807, 2.05) is 31.2 Å². The van der Waals surface area contributed by atoms with Gasteiger partial charge in [0.2, 0.25) is 11.8 Å². The van der Waals surface area contributed by atoms with Crippen molar-refractivity contribution in [2.45, 2.75) is 64.7 Å². The summed E-state index contributed by atoms with van der Waals surface area (Å²) in [5.74, 6) is 2.75. The smallest absolute Gasteiger partial charge is 0.224 e. The van der Waals surface area contributed by atoms with Crippen molar-refractivity contribution in [3.63, 3.8) is 0 Å². The van der Waals surface area contributed by atoms with E-state index in [1.165, 1.54) is 38.5 Å². The molecule has 0 spiro atoms. The molecule has 0 aliphatic heterocycles. The molecule has 4 aliphatic rings. The van der Waals surface area contributed by atoms with Gasteiger partial charge in [-0.15, -0.1) is 0 Å². The van der Waals surface area contributed by atoms with Gasteiger partial charge in [-0.3, -0.25) is 9.59 Å². The Hall–Kier alpha value is -1.84. The lowest BCUT2D eigenvalue weighted by Gasteiger charge is -2.56. The summed E-state index contributed by atoms with van der Waals surface area (Å²) in [4.78, 5) is 24.5. The minimum atomic E-state index is 0.0181. The first-order valence-corrected chi connectivity index (χ1v) is 10.2. The number of rotatable bonds is 6. The predicted octanol–water partition coefficient (Wildman–Crippen LogP) is 4.97. The van der Waals surface area contributed by atoms with Gasteiger partial charge in [-0.25, -0.2) is 0 Å². The van der Waals surface area contributed by atoms with Gasteiger partial charge < -0.3 is 10.6 Å². The van der Waals surface area contributed by atoms with E-state index in [1.54, 1.807) is 0 Å². The van der Waals surface area contributed by atoms with Crippen LogP contribution < -0.4 is 10.6 Å². The standard InChI is InChI=1S/C22H30N2O2/c1-2-4-20(25)23-18-5-3-6-19(10-18)24-21(26)14-22-11-15-7-16(12-22)9-17(8-15)13-22/h3,5-6,10,15-17H,2,4,7-9,11-14H2,1H3,(H,23,25)(H,24,26). The summed E-state index contributed by atoms with van der Waals surface area (Å²) in [7, 11) is 0. The second-order valence-electron chi connectivity index (χ2n) is 9.02. The van der Waals surface area contributed by atoms with Crippen LogP contribution in [-0.4, -0.2) is 11.8 Å². The zero-order chi connectivity index (χ0) is 18.1. The highest BCUT2D eigenvalue weighted by atomic mass is 16.2. The number of anilines is 2. The van der Waals surface area contributed by atoms with E-state index in [0.717, 1.165) is 35.5 Å². The van der Waals surface area contributed by atoms with Gasteiger partial charge in [-0.05, 0) is 86.3 Å². The maximum Gasteiger partial charge on any atom is 0.224 e. The summed E-state index contributed by atoms with van der Waals surface area (Å²) in [5.41, 5.74) is 1.77. The Labute approximate surface area is 156 Å². The van der Waals surface area contributed by atoms with Gasteiger partial charge in [0.25, 0.3) is 0 Å². The molecule has 0 atom stereocenters. The Kier molecular flexibility index (Phi) is 4.76. The minimum absolute atomic E-state index is 0.0181. The molecule has 140 valence electrons. The number of nitrogens with one attached hydrogen (secondary N) is 2. The molecule has 4 aliphatic carbocycles. The topological polar surface area (TPSA) is 58.2 Å². The molecule has 0 heterocycles. The summed E-state index contributed by atoms with van der Waals surface area (Å²) >= 11 is 0. The van der Waals surface area contributed by atoms with Crippen LogP contribution >= 0.6 is 0 Å². The first kappa shape index (κ1) is 17.6. The van der Waals surface area contributed by atoms with E-state index < -0.39 is 0 Å². The van der Waals surface area contributed by atoms with Crippen LogP contribution in [0.2, 0.25) is 0 Å². The fourth-order valence-corrected chi connectivity index (χ4v) is 6.18. The van der Waals surface area contributed by atoms with E-state index in [0.29, 0.717) is 12.8 Å². The molecule has 2 amide bonds. The third-order valence-corrected chi connectivity index (χ3v) is 6.61. The summed E-state index contributed by atoms with van der Waals surface area (Å²) in [6.45, 7) is 1.99. The number of benzene rings is 1. The normalized spacial score (nSPS) is 31.7. The lowest BCUT2D eigenvalue weighted by Crippen LogP contribution is -2.47. The molecule has 0 unspecified atom stereocenters. The predicted molar refractivity (Wildman–Crippen MR) is 104 cm³/mol. The highest BCUT2D eigenvalue weighted by Crippen LogP contribution is 2.61. The van der Waals surface area contributed by atoms with Crippen molar-refractivity contribution in [3.8, 4) is 0 Å². The van der Waals surface area contributed by atoms with Crippen molar-refractivity contribution in [3.05, 3.63) is 24.3 Å². The monoisotopic (exact) mass is 354 g/mol. The highest BCUT2D eigenvalue weighted by molar-refractivity contribution is 5.94. The van der Waals surface area contributed by atoms with Crippen molar-refractivity contribution in [1.82, 2.24) is 0 Å². The summed E-state index contributed by atoms with van der Waals surface area (Å²) in [5, 5.41) is 5.97. The molecule has 4 nitrogen and oxygen atoms in total.